The van der Waals surface area contributed by atoms with Gasteiger partial charge in [0.1, 0.15) is 0 Å². The first-order valence-corrected chi connectivity index (χ1v) is 11.2. The quantitative estimate of drug-likeness (QED) is 0.262. The number of nitro benzene ring substituents is 1. The van der Waals surface area contributed by atoms with Crippen LogP contribution in [-0.4, -0.2) is 19.2 Å². The highest BCUT2D eigenvalue weighted by molar-refractivity contribution is 7.92. The Labute approximate surface area is 193 Å². The molecule has 0 saturated carbocycles. The summed E-state index contributed by atoms with van der Waals surface area (Å²) in [6.07, 6.45) is 2.65. The summed E-state index contributed by atoms with van der Waals surface area (Å²) in [6.45, 7) is 0. The minimum Gasteiger partial charge on any atom is -0.323 e. The van der Waals surface area contributed by atoms with Gasteiger partial charge in [-0.25, -0.2) is 8.42 Å². The molecule has 8 nitrogen and oxygen atoms in total. The number of non-ortho nitro benzene ring substituents is 1. The number of anilines is 2. The van der Waals surface area contributed by atoms with E-state index in [1.165, 1.54) is 72.8 Å². The van der Waals surface area contributed by atoms with Gasteiger partial charge in [-0.2, -0.15) is 0 Å². The fraction of sp³-hybridized carbons (Fsp3) is 0. The second-order valence-electron chi connectivity index (χ2n) is 6.43. The van der Waals surface area contributed by atoms with E-state index in [-0.39, 0.29) is 21.3 Å². The summed E-state index contributed by atoms with van der Waals surface area (Å²) in [6, 6.07) is 15.7. The van der Waals surface area contributed by atoms with E-state index in [1.807, 2.05) is 0 Å². The zero-order chi connectivity index (χ0) is 23.3. The fourth-order valence-corrected chi connectivity index (χ4v) is 4.18. The molecule has 32 heavy (non-hydrogen) atoms. The average Bonchev–Trinajstić information content (AvgIpc) is 2.75. The molecule has 164 valence electrons. The number of rotatable bonds is 7. The van der Waals surface area contributed by atoms with E-state index < -0.39 is 20.9 Å². The summed E-state index contributed by atoms with van der Waals surface area (Å²) in [5.74, 6) is -0.488. The topological polar surface area (TPSA) is 118 Å². The smallest absolute Gasteiger partial charge is 0.270 e. The van der Waals surface area contributed by atoms with Gasteiger partial charge in [0, 0.05) is 28.9 Å². The minimum absolute atomic E-state index is 0.0337. The monoisotopic (exact) mass is 491 g/mol. The molecule has 0 atom stereocenters. The molecule has 0 saturated heterocycles. The van der Waals surface area contributed by atoms with Crippen LogP contribution < -0.4 is 10.0 Å². The van der Waals surface area contributed by atoms with Crippen molar-refractivity contribution in [2.24, 2.45) is 0 Å². The molecule has 0 aromatic heterocycles. The van der Waals surface area contributed by atoms with Crippen LogP contribution in [0.3, 0.4) is 0 Å². The van der Waals surface area contributed by atoms with Gasteiger partial charge in [-0.1, -0.05) is 35.3 Å². The number of nitrogens with zero attached hydrogens (tertiary/aromatic N) is 1. The molecule has 0 heterocycles. The molecule has 0 unspecified atom stereocenters. The largest absolute Gasteiger partial charge is 0.323 e. The van der Waals surface area contributed by atoms with Gasteiger partial charge in [-0.15, -0.1) is 0 Å². The first-order valence-electron chi connectivity index (χ1n) is 8.95. The number of sulfonamides is 1. The Kier molecular flexibility index (Phi) is 7.14. The third-order valence-corrected chi connectivity index (χ3v) is 6.05. The number of nitrogens with one attached hydrogen (secondary N) is 2. The van der Waals surface area contributed by atoms with Crippen LogP contribution in [0.15, 0.2) is 77.7 Å². The highest BCUT2D eigenvalue weighted by Crippen LogP contribution is 2.28. The molecule has 0 spiro atoms. The lowest BCUT2D eigenvalue weighted by molar-refractivity contribution is -0.384. The molecule has 3 rings (SSSR count). The predicted octanol–water partition coefficient (Wildman–Crippen LogP) is 5.35. The van der Waals surface area contributed by atoms with Crippen LogP contribution in [0.1, 0.15) is 5.56 Å². The van der Waals surface area contributed by atoms with E-state index in [9.17, 15) is 23.3 Å². The number of nitro groups is 1. The van der Waals surface area contributed by atoms with E-state index in [0.29, 0.717) is 16.3 Å². The maximum absolute atomic E-state index is 12.6. The summed E-state index contributed by atoms with van der Waals surface area (Å²) >= 11 is 11.8. The third-order valence-electron chi connectivity index (χ3n) is 4.12. The molecule has 0 fully saturated rings. The van der Waals surface area contributed by atoms with E-state index in [2.05, 4.69) is 10.0 Å². The van der Waals surface area contributed by atoms with Gasteiger partial charge < -0.3 is 5.32 Å². The molecular formula is C21H15Cl2N3O5S. The van der Waals surface area contributed by atoms with Gasteiger partial charge >= 0.3 is 0 Å². The van der Waals surface area contributed by atoms with Gasteiger partial charge in [0.15, 0.2) is 0 Å². The zero-order valence-corrected chi connectivity index (χ0v) is 18.5. The molecule has 2 N–H and O–H groups in total. The maximum atomic E-state index is 12.6. The van der Waals surface area contributed by atoms with Crippen molar-refractivity contribution in [3.63, 3.8) is 0 Å². The lowest BCUT2D eigenvalue weighted by Gasteiger charge is -2.10. The normalized spacial score (nSPS) is 11.3. The highest BCUT2D eigenvalue weighted by atomic mass is 35.5. The molecule has 0 bridgehead atoms. The molecule has 11 heteroatoms. The Bertz CT molecular complexity index is 1310. The third kappa shape index (κ3) is 6.07. The summed E-state index contributed by atoms with van der Waals surface area (Å²) < 4.78 is 27.5. The lowest BCUT2D eigenvalue weighted by atomic mass is 10.2. The Morgan fingerprint density at radius 1 is 1.00 bits per heavy atom. The first-order chi connectivity index (χ1) is 15.1. The van der Waals surface area contributed by atoms with Crippen LogP contribution >= 0.6 is 23.2 Å². The van der Waals surface area contributed by atoms with Gasteiger partial charge in [-0.05, 0) is 54.1 Å². The number of carbonyl (C=O) groups is 1. The van der Waals surface area contributed by atoms with Crippen LogP contribution in [-0.2, 0) is 14.8 Å². The van der Waals surface area contributed by atoms with E-state index in [0.717, 1.165) is 0 Å². The van der Waals surface area contributed by atoms with Crippen molar-refractivity contribution in [2.75, 3.05) is 10.0 Å². The van der Waals surface area contributed by atoms with Crippen LogP contribution in [0.4, 0.5) is 17.1 Å². The van der Waals surface area contributed by atoms with Crippen LogP contribution in [0.2, 0.25) is 10.0 Å². The number of hydrogen-bond acceptors (Lipinski definition) is 5. The van der Waals surface area contributed by atoms with E-state index in [4.69, 9.17) is 23.2 Å². The van der Waals surface area contributed by atoms with Crippen molar-refractivity contribution in [3.8, 4) is 0 Å². The van der Waals surface area contributed by atoms with Gasteiger partial charge in [-0.3, -0.25) is 19.6 Å². The number of amides is 1. The Hall–Kier alpha value is -3.40. The Morgan fingerprint density at radius 2 is 1.72 bits per heavy atom. The molecule has 0 aliphatic carbocycles. The predicted molar refractivity (Wildman–Crippen MR) is 124 cm³/mol. The SMILES string of the molecule is O=C(/C=C/c1cccc([N+](=O)[O-])c1)Nc1ccc(S(=O)(=O)Nc2ccc(Cl)cc2Cl)cc1. The van der Waals surface area contributed by atoms with Crippen molar-refractivity contribution < 1.29 is 18.1 Å². The molecule has 3 aromatic rings. The summed E-state index contributed by atoms with van der Waals surface area (Å²) in [5, 5.41) is 13.9. The highest BCUT2D eigenvalue weighted by Gasteiger charge is 2.16. The van der Waals surface area contributed by atoms with Crippen molar-refractivity contribution in [2.45, 2.75) is 4.90 Å². The number of halogens is 2. The Morgan fingerprint density at radius 3 is 2.38 bits per heavy atom. The number of carbonyl (C=O) groups excluding carboxylic acids is 1. The molecule has 0 aliphatic rings. The van der Waals surface area contributed by atoms with Crippen LogP contribution in [0.5, 0.6) is 0 Å². The van der Waals surface area contributed by atoms with E-state index >= 15 is 0 Å². The minimum atomic E-state index is -3.91. The second-order valence-corrected chi connectivity index (χ2v) is 8.95. The van der Waals surface area contributed by atoms with Crippen LogP contribution in [0, 0.1) is 10.1 Å². The summed E-state index contributed by atoms with van der Waals surface area (Å²) in [5.41, 5.74) is 0.947. The standard InChI is InChI=1S/C21H15Cl2N3O5S/c22-15-5-10-20(19(23)13-15)25-32(30,31)18-8-6-16(7-9-18)24-21(27)11-4-14-2-1-3-17(12-14)26(28)29/h1-13,25H,(H,24,27)/b11-4+. The maximum Gasteiger partial charge on any atom is 0.270 e. The number of benzene rings is 3. The molecule has 3 aromatic carbocycles. The van der Waals surface area contributed by atoms with Gasteiger partial charge in [0.05, 0.1) is 20.5 Å². The lowest BCUT2D eigenvalue weighted by Crippen LogP contribution is -2.13. The first kappa shape index (κ1) is 23.3. The van der Waals surface area contributed by atoms with Crippen molar-refractivity contribution in [3.05, 3.63) is 98.5 Å². The molecule has 0 radical (unpaired) electrons. The fourth-order valence-electron chi connectivity index (χ4n) is 2.59. The van der Waals surface area contributed by atoms with Crippen molar-refractivity contribution >= 4 is 62.3 Å². The number of hydrogen-bond donors (Lipinski definition) is 2. The van der Waals surface area contributed by atoms with Gasteiger partial charge in [0.25, 0.3) is 15.7 Å². The summed E-state index contributed by atoms with van der Waals surface area (Å²) in [4.78, 5) is 22.4. The molecule has 0 aliphatic heterocycles. The second kappa shape index (κ2) is 9.82. The zero-order valence-electron chi connectivity index (χ0n) is 16.2. The molecule has 1 amide bonds. The Balaban J connectivity index is 1.66. The van der Waals surface area contributed by atoms with Crippen molar-refractivity contribution in [1.82, 2.24) is 0 Å². The van der Waals surface area contributed by atoms with Crippen LogP contribution in [0.25, 0.3) is 6.08 Å². The average molecular weight is 492 g/mol. The van der Waals surface area contributed by atoms with Crippen molar-refractivity contribution in [1.29, 1.82) is 0 Å². The van der Waals surface area contributed by atoms with E-state index in [1.54, 1.807) is 6.07 Å². The summed E-state index contributed by atoms with van der Waals surface area (Å²) in [7, 11) is -3.91. The van der Waals surface area contributed by atoms with Gasteiger partial charge in [0.2, 0.25) is 5.91 Å². The molecular weight excluding hydrogens is 477 g/mol.